The van der Waals surface area contributed by atoms with Crippen LogP contribution in [0.15, 0.2) is 18.2 Å². The van der Waals surface area contributed by atoms with Gasteiger partial charge < -0.3 is 15.4 Å². The lowest BCUT2D eigenvalue weighted by atomic mass is 10.1. The quantitative estimate of drug-likeness (QED) is 0.723. The largest absolute Gasteiger partial charge is 0.462 e. The second kappa shape index (κ2) is 4.21. The number of nitrogens with one attached hydrogen (secondary N) is 2. The van der Waals surface area contributed by atoms with Gasteiger partial charge in [0, 0.05) is 13.1 Å². The van der Waals surface area contributed by atoms with Crippen LogP contribution in [0.25, 0.3) is 0 Å². The van der Waals surface area contributed by atoms with E-state index in [1.807, 2.05) is 12.1 Å². The van der Waals surface area contributed by atoms with E-state index in [9.17, 15) is 4.79 Å². The number of ether oxygens (including phenoxy) is 1. The summed E-state index contributed by atoms with van der Waals surface area (Å²) in [5, 5.41) is 6.44. The minimum atomic E-state index is -0.273. The first-order valence-electron chi connectivity index (χ1n) is 5.11. The van der Waals surface area contributed by atoms with E-state index in [2.05, 4.69) is 10.6 Å². The Morgan fingerprint density at radius 3 is 3.00 bits per heavy atom. The Bertz CT molecular complexity index is 377. The normalized spacial score (nSPS) is 13.4. The number of hydrogen-bond acceptors (Lipinski definition) is 4. The van der Waals surface area contributed by atoms with Crippen molar-refractivity contribution in [3.63, 3.8) is 0 Å². The van der Waals surface area contributed by atoms with Crippen LogP contribution in [0.4, 0.5) is 11.4 Å². The summed E-state index contributed by atoms with van der Waals surface area (Å²) in [7, 11) is 0. The van der Waals surface area contributed by atoms with Crippen molar-refractivity contribution in [1.29, 1.82) is 0 Å². The fraction of sp³-hybridized carbons (Fsp3) is 0.364. The van der Waals surface area contributed by atoms with Gasteiger partial charge >= 0.3 is 5.97 Å². The Labute approximate surface area is 88.6 Å². The smallest absolute Gasteiger partial charge is 0.340 e. The Morgan fingerprint density at radius 2 is 2.20 bits per heavy atom. The van der Waals surface area contributed by atoms with Gasteiger partial charge in [-0.2, -0.15) is 0 Å². The number of benzene rings is 1. The molecule has 15 heavy (non-hydrogen) atoms. The topological polar surface area (TPSA) is 50.4 Å². The van der Waals surface area contributed by atoms with E-state index in [1.165, 1.54) is 0 Å². The number of carbonyl (C=O) groups excluding carboxylic acids is 1. The number of hydrogen-bond donors (Lipinski definition) is 2. The summed E-state index contributed by atoms with van der Waals surface area (Å²) >= 11 is 0. The van der Waals surface area contributed by atoms with E-state index < -0.39 is 0 Å². The molecule has 0 saturated heterocycles. The molecule has 80 valence electrons. The third-order valence-corrected chi connectivity index (χ3v) is 2.30. The molecule has 0 bridgehead atoms. The molecular weight excluding hydrogens is 192 g/mol. The standard InChI is InChI=1S/C11H14N2O2/c1-2-15-11(14)8-4-3-5-9-10(8)13-7-6-12-9/h3-5,12-13H,2,6-7H2,1H3. The minimum absolute atomic E-state index is 0.273. The lowest BCUT2D eigenvalue weighted by Gasteiger charge is -2.21. The van der Waals surface area contributed by atoms with Gasteiger partial charge in [-0.3, -0.25) is 0 Å². The predicted octanol–water partition coefficient (Wildman–Crippen LogP) is 1.70. The van der Waals surface area contributed by atoms with Crippen LogP contribution in [-0.4, -0.2) is 25.7 Å². The lowest BCUT2D eigenvalue weighted by molar-refractivity contribution is 0.0527. The first-order valence-corrected chi connectivity index (χ1v) is 5.11. The first kappa shape index (κ1) is 9.83. The molecule has 1 aromatic rings. The summed E-state index contributed by atoms with van der Waals surface area (Å²) in [5.41, 5.74) is 2.41. The molecule has 2 rings (SSSR count). The van der Waals surface area contributed by atoms with Crippen LogP contribution in [0.3, 0.4) is 0 Å². The molecule has 0 unspecified atom stereocenters. The number of fused-ring (bicyclic) bond motifs is 1. The van der Waals surface area contributed by atoms with Crippen molar-refractivity contribution in [3.8, 4) is 0 Å². The Hall–Kier alpha value is -1.71. The summed E-state index contributed by atoms with van der Waals surface area (Å²) in [5.74, 6) is -0.273. The zero-order valence-corrected chi connectivity index (χ0v) is 8.67. The van der Waals surface area contributed by atoms with Gasteiger partial charge in [0.05, 0.1) is 23.5 Å². The number of rotatable bonds is 2. The highest BCUT2D eigenvalue weighted by atomic mass is 16.5. The summed E-state index contributed by atoms with van der Waals surface area (Å²) < 4.78 is 4.99. The van der Waals surface area contributed by atoms with E-state index in [4.69, 9.17) is 4.74 Å². The second-order valence-corrected chi connectivity index (χ2v) is 3.30. The molecule has 0 saturated carbocycles. The number of anilines is 2. The fourth-order valence-electron chi connectivity index (χ4n) is 1.65. The molecule has 0 fully saturated rings. The van der Waals surface area contributed by atoms with Crippen molar-refractivity contribution in [2.75, 3.05) is 30.3 Å². The third-order valence-electron chi connectivity index (χ3n) is 2.30. The van der Waals surface area contributed by atoms with Gasteiger partial charge in [0.2, 0.25) is 0 Å². The monoisotopic (exact) mass is 206 g/mol. The highest BCUT2D eigenvalue weighted by Crippen LogP contribution is 2.28. The zero-order valence-electron chi connectivity index (χ0n) is 8.67. The van der Waals surface area contributed by atoms with Crippen molar-refractivity contribution in [2.45, 2.75) is 6.92 Å². The Morgan fingerprint density at radius 1 is 1.40 bits per heavy atom. The third kappa shape index (κ3) is 1.88. The van der Waals surface area contributed by atoms with Crippen LogP contribution in [0.1, 0.15) is 17.3 Å². The fourth-order valence-corrected chi connectivity index (χ4v) is 1.65. The molecule has 1 heterocycles. The van der Waals surface area contributed by atoms with E-state index >= 15 is 0 Å². The van der Waals surface area contributed by atoms with Crippen molar-refractivity contribution in [3.05, 3.63) is 23.8 Å². The van der Waals surface area contributed by atoms with E-state index in [-0.39, 0.29) is 5.97 Å². The van der Waals surface area contributed by atoms with Crippen LogP contribution < -0.4 is 10.6 Å². The van der Waals surface area contributed by atoms with Crippen molar-refractivity contribution in [2.24, 2.45) is 0 Å². The maximum Gasteiger partial charge on any atom is 0.340 e. The molecule has 0 atom stereocenters. The summed E-state index contributed by atoms with van der Waals surface area (Å²) in [6, 6.07) is 5.58. The molecule has 0 spiro atoms. The summed E-state index contributed by atoms with van der Waals surface area (Å²) in [6.45, 7) is 3.90. The molecule has 1 aliphatic heterocycles. The van der Waals surface area contributed by atoms with Gasteiger partial charge in [-0.1, -0.05) is 6.07 Å². The lowest BCUT2D eigenvalue weighted by Crippen LogP contribution is -2.22. The average molecular weight is 206 g/mol. The number of esters is 1. The maximum atomic E-state index is 11.6. The van der Waals surface area contributed by atoms with Crippen LogP contribution in [-0.2, 0) is 4.74 Å². The van der Waals surface area contributed by atoms with Crippen molar-refractivity contribution < 1.29 is 9.53 Å². The van der Waals surface area contributed by atoms with Crippen molar-refractivity contribution >= 4 is 17.3 Å². The molecule has 0 amide bonds. The van der Waals surface area contributed by atoms with Gasteiger partial charge in [0.15, 0.2) is 0 Å². The number of carbonyl (C=O) groups is 1. The maximum absolute atomic E-state index is 11.6. The summed E-state index contributed by atoms with van der Waals surface area (Å²) in [4.78, 5) is 11.6. The highest BCUT2D eigenvalue weighted by molar-refractivity contribution is 5.99. The minimum Gasteiger partial charge on any atom is -0.462 e. The molecule has 0 aromatic heterocycles. The predicted molar refractivity (Wildman–Crippen MR) is 59.4 cm³/mol. The summed E-state index contributed by atoms with van der Waals surface area (Å²) in [6.07, 6.45) is 0. The molecular formula is C11H14N2O2. The van der Waals surface area contributed by atoms with E-state index in [1.54, 1.807) is 13.0 Å². The van der Waals surface area contributed by atoms with Gasteiger partial charge in [-0.15, -0.1) is 0 Å². The van der Waals surface area contributed by atoms with Crippen molar-refractivity contribution in [1.82, 2.24) is 0 Å². The Balaban J connectivity index is 2.34. The molecule has 4 nitrogen and oxygen atoms in total. The van der Waals surface area contributed by atoms with Crippen LogP contribution in [0.2, 0.25) is 0 Å². The van der Waals surface area contributed by atoms with Gasteiger partial charge in [0.1, 0.15) is 0 Å². The average Bonchev–Trinajstić information content (AvgIpc) is 2.28. The highest BCUT2D eigenvalue weighted by Gasteiger charge is 2.17. The van der Waals surface area contributed by atoms with E-state index in [0.29, 0.717) is 12.2 Å². The van der Waals surface area contributed by atoms with Gasteiger partial charge in [-0.25, -0.2) is 4.79 Å². The Kier molecular flexibility index (Phi) is 2.76. The molecule has 2 N–H and O–H groups in total. The molecule has 1 aromatic carbocycles. The second-order valence-electron chi connectivity index (χ2n) is 3.30. The number of para-hydroxylation sites is 1. The molecule has 0 aliphatic carbocycles. The first-order chi connectivity index (χ1) is 7.33. The molecule has 1 aliphatic rings. The SMILES string of the molecule is CCOC(=O)c1cccc2c1NCCN2. The molecule has 4 heteroatoms. The van der Waals surface area contributed by atoms with Crippen LogP contribution in [0, 0.1) is 0 Å². The van der Waals surface area contributed by atoms with Gasteiger partial charge in [-0.05, 0) is 19.1 Å². The molecule has 0 radical (unpaired) electrons. The van der Waals surface area contributed by atoms with Crippen LogP contribution >= 0.6 is 0 Å². The zero-order chi connectivity index (χ0) is 10.7. The van der Waals surface area contributed by atoms with Gasteiger partial charge in [0.25, 0.3) is 0 Å². The van der Waals surface area contributed by atoms with Crippen LogP contribution in [0.5, 0.6) is 0 Å². The van der Waals surface area contributed by atoms with E-state index in [0.717, 1.165) is 24.5 Å².